The largest absolute Gasteiger partial charge is 0.301 e. The van der Waals surface area contributed by atoms with Crippen molar-refractivity contribution >= 4 is 0 Å². The average Bonchev–Trinajstić information content (AvgIpc) is 2.41. The maximum Gasteiger partial charge on any atom is 0.0223 e. The molecule has 13 heavy (non-hydrogen) atoms. The van der Waals surface area contributed by atoms with Crippen LogP contribution in [-0.2, 0) is 0 Å². The van der Waals surface area contributed by atoms with Crippen molar-refractivity contribution in [3.05, 3.63) is 0 Å². The second kappa shape index (κ2) is 4.43. The summed E-state index contributed by atoms with van der Waals surface area (Å²) in [6.45, 7) is 8.83. The number of likely N-dealkylation sites (N-methyl/N-ethyl adjacent to an activating group) is 1. The summed E-state index contributed by atoms with van der Waals surface area (Å²) in [6, 6.07) is 0.885. The van der Waals surface area contributed by atoms with Gasteiger partial charge in [-0.2, -0.15) is 0 Å². The van der Waals surface area contributed by atoms with Gasteiger partial charge in [-0.1, -0.05) is 19.8 Å². The van der Waals surface area contributed by atoms with E-state index >= 15 is 0 Å². The molecule has 2 aliphatic heterocycles. The Hall–Kier alpha value is -0.0800. The van der Waals surface area contributed by atoms with E-state index in [1.54, 1.807) is 0 Å². The number of fused-ring (bicyclic) bond motifs is 1. The first-order valence-corrected chi connectivity index (χ1v) is 5.86. The molecule has 2 heteroatoms. The van der Waals surface area contributed by atoms with E-state index in [1.165, 1.54) is 58.4 Å². The van der Waals surface area contributed by atoms with Crippen molar-refractivity contribution in [3.63, 3.8) is 0 Å². The molecule has 1 unspecified atom stereocenters. The molecule has 1 atom stereocenters. The van der Waals surface area contributed by atoms with Gasteiger partial charge in [0.2, 0.25) is 0 Å². The monoisotopic (exact) mass is 182 g/mol. The van der Waals surface area contributed by atoms with Crippen LogP contribution in [0.25, 0.3) is 0 Å². The van der Waals surface area contributed by atoms with E-state index in [1.807, 2.05) is 0 Å². The Morgan fingerprint density at radius 1 is 1.08 bits per heavy atom. The van der Waals surface area contributed by atoms with Crippen molar-refractivity contribution in [1.82, 2.24) is 9.80 Å². The molecule has 0 bridgehead atoms. The first-order valence-electron chi connectivity index (χ1n) is 5.86. The standard InChI is InChI=1S/C11H22N2/c1-2-12-8-9-13-7-5-3-4-6-11(13)10-12/h11H,2-10H2,1H3. The third-order valence-electron chi connectivity index (χ3n) is 3.62. The Balaban J connectivity index is 1.91. The van der Waals surface area contributed by atoms with Crippen LogP contribution in [0.4, 0.5) is 0 Å². The van der Waals surface area contributed by atoms with Gasteiger partial charge in [-0.25, -0.2) is 0 Å². The maximum atomic E-state index is 2.72. The smallest absolute Gasteiger partial charge is 0.0223 e. The van der Waals surface area contributed by atoms with Gasteiger partial charge in [-0.05, 0) is 25.9 Å². The fourth-order valence-electron chi connectivity index (χ4n) is 2.68. The molecule has 0 saturated carbocycles. The number of hydrogen-bond donors (Lipinski definition) is 0. The zero-order chi connectivity index (χ0) is 9.10. The van der Waals surface area contributed by atoms with Gasteiger partial charge in [0.05, 0.1) is 0 Å². The molecule has 2 saturated heterocycles. The van der Waals surface area contributed by atoms with Crippen LogP contribution in [0.2, 0.25) is 0 Å². The minimum Gasteiger partial charge on any atom is -0.301 e. The van der Waals surface area contributed by atoms with Crippen molar-refractivity contribution in [2.45, 2.75) is 38.6 Å². The van der Waals surface area contributed by atoms with Crippen molar-refractivity contribution in [3.8, 4) is 0 Å². The molecule has 0 aromatic heterocycles. The summed E-state index contributed by atoms with van der Waals surface area (Å²) < 4.78 is 0. The quantitative estimate of drug-likeness (QED) is 0.607. The molecule has 0 aliphatic carbocycles. The molecular formula is C11H22N2. The second-order valence-electron chi connectivity index (χ2n) is 4.43. The fourth-order valence-corrected chi connectivity index (χ4v) is 2.68. The van der Waals surface area contributed by atoms with Crippen LogP contribution in [0, 0.1) is 0 Å². The van der Waals surface area contributed by atoms with Crippen molar-refractivity contribution < 1.29 is 0 Å². The van der Waals surface area contributed by atoms with Crippen molar-refractivity contribution in [2.24, 2.45) is 0 Å². The lowest BCUT2D eigenvalue weighted by Gasteiger charge is -2.40. The molecular weight excluding hydrogens is 160 g/mol. The molecule has 2 fully saturated rings. The molecule has 2 aliphatic rings. The second-order valence-corrected chi connectivity index (χ2v) is 4.43. The van der Waals surface area contributed by atoms with Crippen molar-refractivity contribution in [2.75, 3.05) is 32.7 Å². The number of piperazine rings is 1. The van der Waals surface area contributed by atoms with E-state index in [0.29, 0.717) is 0 Å². The molecule has 0 amide bonds. The topological polar surface area (TPSA) is 6.48 Å². The highest BCUT2D eigenvalue weighted by molar-refractivity contribution is 4.83. The first kappa shape index (κ1) is 9.47. The van der Waals surface area contributed by atoms with Crippen LogP contribution < -0.4 is 0 Å². The molecule has 0 radical (unpaired) electrons. The molecule has 2 rings (SSSR count). The minimum atomic E-state index is 0.885. The predicted octanol–water partition coefficient (Wildman–Crippen LogP) is 1.57. The molecule has 2 heterocycles. The van der Waals surface area contributed by atoms with Crippen LogP contribution in [0.1, 0.15) is 32.6 Å². The molecule has 0 N–H and O–H groups in total. The summed E-state index contributed by atoms with van der Waals surface area (Å²) in [5.41, 5.74) is 0. The number of rotatable bonds is 1. The zero-order valence-electron chi connectivity index (χ0n) is 8.84. The summed E-state index contributed by atoms with van der Waals surface area (Å²) in [5, 5.41) is 0. The Kier molecular flexibility index (Phi) is 3.23. The summed E-state index contributed by atoms with van der Waals surface area (Å²) in [7, 11) is 0. The van der Waals surface area contributed by atoms with Gasteiger partial charge in [0, 0.05) is 25.7 Å². The van der Waals surface area contributed by atoms with E-state index in [2.05, 4.69) is 16.7 Å². The molecule has 0 aromatic carbocycles. The molecule has 76 valence electrons. The Bertz CT molecular complexity index is 158. The number of hydrogen-bond acceptors (Lipinski definition) is 2. The van der Waals surface area contributed by atoms with Crippen LogP contribution in [-0.4, -0.2) is 48.6 Å². The lowest BCUT2D eigenvalue weighted by Crippen LogP contribution is -2.52. The van der Waals surface area contributed by atoms with E-state index < -0.39 is 0 Å². The Labute approximate surface area is 81.9 Å². The van der Waals surface area contributed by atoms with Crippen LogP contribution in [0.15, 0.2) is 0 Å². The highest BCUT2D eigenvalue weighted by Gasteiger charge is 2.26. The highest BCUT2D eigenvalue weighted by Crippen LogP contribution is 2.20. The lowest BCUT2D eigenvalue weighted by atomic mass is 10.1. The van der Waals surface area contributed by atoms with Gasteiger partial charge in [-0.3, -0.25) is 4.90 Å². The third-order valence-corrected chi connectivity index (χ3v) is 3.62. The van der Waals surface area contributed by atoms with Crippen LogP contribution >= 0.6 is 0 Å². The van der Waals surface area contributed by atoms with Gasteiger partial charge in [0.1, 0.15) is 0 Å². The maximum absolute atomic E-state index is 2.72. The minimum absolute atomic E-state index is 0.885. The molecule has 2 nitrogen and oxygen atoms in total. The van der Waals surface area contributed by atoms with Crippen LogP contribution in [0.5, 0.6) is 0 Å². The van der Waals surface area contributed by atoms with Crippen LogP contribution in [0.3, 0.4) is 0 Å². The van der Waals surface area contributed by atoms with Gasteiger partial charge < -0.3 is 4.90 Å². The van der Waals surface area contributed by atoms with Gasteiger partial charge in [0.25, 0.3) is 0 Å². The van der Waals surface area contributed by atoms with E-state index in [9.17, 15) is 0 Å². The van der Waals surface area contributed by atoms with Gasteiger partial charge in [0.15, 0.2) is 0 Å². The Morgan fingerprint density at radius 2 is 2.00 bits per heavy atom. The SMILES string of the molecule is CCN1CCN2CCCCCC2C1. The number of nitrogens with zero attached hydrogens (tertiary/aromatic N) is 2. The summed E-state index contributed by atoms with van der Waals surface area (Å²) in [6.07, 6.45) is 5.79. The highest BCUT2D eigenvalue weighted by atomic mass is 15.3. The summed E-state index contributed by atoms with van der Waals surface area (Å²) >= 11 is 0. The first-order chi connectivity index (χ1) is 6.40. The lowest BCUT2D eigenvalue weighted by molar-refractivity contribution is 0.0798. The zero-order valence-corrected chi connectivity index (χ0v) is 8.84. The normalized spacial score (nSPS) is 32.5. The third kappa shape index (κ3) is 2.23. The summed E-state index contributed by atoms with van der Waals surface area (Å²) in [4.78, 5) is 5.33. The summed E-state index contributed by atoms with van der Waals surface area (Å²) in [5.74, 6) is 0. The van der Waals surface area contributed by atoms with E-state index in [4.69, 9.17) is 0 Å². The predicted molar refractivity (Wildman–Crippen MR) is 55.9 cm³/mol. The fraction of sp³-hybridized carbons (Fsp3) is 1.00. The molecule has 0 spiro atoms. The Morgan fingerprint density at radius 3 is 2.85 bits per heavy atom. The van der Waals surface area contributed by atoms with Crippen molar-refractivity contribution in [1.29, 1.82) is 0 Å². The average molecular weight is 182 g/mol. The van der Waals surface area contributed by atoms with Gasteiger partial charge >= 0.3 is 0 Å². The van der Waals surface area contributed by atoms with Gasteiger partial charge in [-0.15, -0.1) is 0 Å². The van der Waals surface area contributed by atoms with E-state index in [-0.39, 0.29) is 0 Å². The molecule has 0 aromatic rings. The van der Waals surface area contributed by atoms with E-state index in [0.717, 1.165) is 6.04 Å².